The van der Waals surface area contributed by atoms with Crippen molar-refractivity contribution in [3.63, 3.8) is 0 Å². The van der Waals surface area contributed by atoms with Gasteiger partial charge in [-0.3, -0.25) is 0 Å². The molecule has 0 bridgehead atoms. The van der Waals surface area contributed by atoms with Gasteiger partial charge in [0.1, 0.15) is 12.2 Å². The molecule has 3 aromatic rings. The summed E-state index contributed by atoms with van der Waals surface area (Å²) >= 11 is 1.64. The molecule has 4 rings (SSSR count). The van der Waals surface area contributed by atoms with E-state index in [2.05, 4.69) is 93.3 Å². The topological polar surface area (TPSA) is 47.9 Å². The van der Waals surface area contributed by atoms with Crippen molar-refractivity contribution in [2.24, 2.45) is 0 Å². The predicted molar refractivity (Wildman–Crippen MR) is 163 cm³/mol. The number of aliphatic hydroxyl groups is 1. The summed E-state index contributed by atoms with van der Waals surface area (Å²) in [6, 6.07) is 31.1. The van der Waals surface area contributed by atoms with Crippen molar-refractivity contribution in [2.45, 2.75) is 62.2 Å². The highest BCUT2D eigenvalue weighted by Gasteiger charge is 2.53. The van der Waals surface area contributed by atoms with Crippen LogP contribution in [0.2, 0.25) is 5.04 Å². The second-order valence-corrected chi connectivity index (χ2v) is 15.7. The van der Waals surface area contributed by atoms with E-state index < -0.39 is 32.9 Å². The minimum absolute atomic E-state index is 0.214. The van der Waals surface area contributed by atoms with Crippen LogP contribution in [0.1, 0.15) is 27.7 Å². The van der Waals surface area contributed by atoms with E-state index >= 15 is 0 Å². The summed E-state index contributed by atoms with van der Waals surface area (Å²) in [4.78, 5) is 1.14. The lowest BCUT2D eigenvalue weighted by atomic mass is 10.1. The van der Waals surface area contributed by atoms with Crippen molar-refractivity contribution in [1.82, 2.24) is 0 Å². The predicted octanol–water partition coefficient (Wildman–Crippen LogP) is 5.41. The molecule has 0 radical (unpaired) electrons. The van der Waals surface area contributed by atoms with Crippen LogP contribution in [0.5, 0.6) is 0 Å². The van der Waals surface area contributed by atoms with Crippen LogP contribution in [0.3, 0.4) is 0 Å². The van der Waals surface area contributed by atoms with Crippen LogP contribution in [-0.4, -0.2) is 50.4 Å². The van der Waals surface area contributed by atoms with E-state index in [9.17, 15) is 5.11 Å². The first-order valence-electron chi connectivity index (χ1n) is 13.4. The molecule has 0 spiro atoms. The maximum absolute atomic E-state index is 11.3. The van der Waals surface area contributed by atoms with Gasteiger partial charge in [0.25, 0.3) is 8.32 Å². The maximum Gasteiger partial charge on any atom is 0.262 e. The van der Waals surface area contributed by atoms with Gasteiger partial charge in [-0.15, -0.1) is 11.8 Å². The van der Waals surface area contributed by atoms with E-state index in [0.29, 0.717) is 12.4 Å². The Kier molecular flexibility index (Phi) is 10.3. The smallest absolute Gasteiger partial charge is 0.262 e. The van der Waals surface area contributed by atoms with E-state index in [1.807, 2.05) is 49.4 Å². The fraction of sp³-hybridized carbons (Fsp3) is 0.333. The van der Waals surface area contributed by atoms with Crippen molar-refractivity contribution in [1.29, 1.82) is 0 Å². The molecule has 204 valence electrons. The van der Waals surface area contributed by atoms with Crippen molar-refractivity contribution in [3.8, 4) is 11.8 Å². The number of hydrogen-bond donors (Lipinski definition) is 1. The van der Waals surface area contributed by atoms with Crippen LogP contribution in [0.4, 0.5) is 0 Å². The summed E-state index contributed by atoms with van der Waals surface area (Å²) < 4.78 is 19.3. The van der Waals surface area contributed by atoms with E-state index in [1.54, 1.807) is 11.8 Å². The highest BCUT2D eigenvalue weighted by molar-refractivity contribution is 7.99. The van der Waals surface area contributed by atoms with Gasteiger partial charge in [0, 0.05) is 11.5 Å². The maximum atomic E-state index is 11.3. The average Bonchev–Trinajstić information content (AvgIpc) is 2.95. The number of thioether (sulfide) groups is 1. The summed E-state index contributed by atoms with van der Waals surface area (Å²) in [5, 5.41) is 13.4. The molecule has 0 saturated heterocycles. The van der Waals surface area contributed by atoms with E-state index in [0.717, 1.165) is 4.90 Å². The summed E-state index contributed by atoms with van der Waals surface area (Å²) in [6.45, 7) is 9.14. The fourth-order valence-corrected chi connectivity index (χ4v) is 10.3. The second kappa shape index (κ2) is 13.6. The zero-order valence-corrected chi connectivity index (χ0v) is 24.9. The molecule has 0 fully saturated rings. The first kappa shape index (κ1) is 29.4. The van der Waals surface area contributed by atoms with Gasteiger partial charge in [0.2, 0.25) is 0 Å². The normalized spacial score (nSPS) is 20.2. The highest BCUT2D eigenvalue weighted by Crippen LogP contribution is 2.39. The van der Waals surface area contributed by atoms with Gasteiger partial charge in [0.15, 0.2) is 6.29 Å². The van der Waals surface area contributed by atoms with Gasteiger partial charge < -0.3 is 19.0 Å². The van der Waals surface area contributed by atoms with E-state index in [1.165, 1.54) is 10.4 Å². The largest absolute Gasteiger partial charge is 0.398 e. The van der Waals surface area contributed by atoms with Gasteiger partial charge in [-0.1, -0.05) is 118 Å². The molecular formula is C33H38O4SSi. The molecule has 0 amide bonds. The molecule has 3 aromatic carbocycles. The Morgan fingerprint density at radius 1 is 0.897 bits per heavy atom. The molecule has 1 aliphatic heterocycles. The number of aliphatic hydroxyl groups excluding tert-OH is 1. The van der Waals surface area contributed by atoms with Gasteiger partial charge >= 0.3 is 0 Å². The molecular weight excluding hydrogens is 521 g/mol. The lowest BCUT2D eigenvalue weighted by Gasteiger charge is -2.47. The Morgan fingerprint density at radius 2 is 1.46 bits per heavy atom. The molecule has 1 heterocycles. The third-order valence-electron chi connectivity index (χ3n) is 6.75. The van der Waals surface area contributed by atoms with Gasteiger partial charge in [-0.2, -0.15) is 0 Å². The molecule has 1 aliphatic rings. The summed E-state index contributed by atoms with van der Waals surface area (Å²) in [5.74, 6) is 6.72. The average molecular weight is 559 g/mol. The summed E-state index contributed by atoms with van der Waals surface area (Å²) in [5.41, 5.74) is 0. The quantitative estimate of drug-likeness (QED) is 0.165. The van der Waals surface area contributed by atoms with Crippen LogP contribution in [-0.2, 0) is 13.9 Å². The first-order valence-corrected chi connectivity index (χ1v) is 16.3. The van der Waals surface area contributed by atoms with Crippen molar-refractivity contribution >= 4 is 30.5 Å². The Morgan fingerprint density at radius 3 is 2.00 bits per heavy atom. The van der Waals surface area contributed by atoms with Crippen molar-refractivity contribution in [2.75, 3.05) is 12.4 Å². The third kappa shape index (κ3) is 7.12. The van der Waals surface area contributed by atoms with Crippen LogP contribution in [0.25, 0.3) is 0 Å². The third-order valence-corrected chi connectivity index (χ3v) is 12.7. The van der Waals surface area contributed by atoms with E-state index in [-0.39, 0.29) is 5.04 Å². The molecule has 39 heavy (non-hydrogen) atoms. The molecule has 0 aliphatic carbocycles. The lowest BCUT2D eigenvalue weighted by molar-refractivity contribution is -0.184. The van der Waals surface area contributed by atoms with Gasteiger partial charge in [-0.25, -0.2) is 0 Å². The molecule has 4 nitrogen and oxygen atoms in total. The van der Waals surface area contributed by atoms with Crippen molar-refractivity contribution in [3.05, 3.63) is 103 Å². The van der Waals surface area contributed by atoms with Crippen molar-refractivity contribution < 1.29 is 19.0 Å². The number of hydrogen-bond acceptors (Lipinski definition) is 5. The second-order valence-electron chi connectivity index (χ2n) is 10.4. The molecule has 0 aromatic heterocycles. The number of benzene rings is 3. The number of rotatable bonds is 9. The Labute approximate surface area is 238 Å². The molecule has 6 heteroatoms. The Balaban J connectivity index is 1.68. The molecule has 1 N–H and O–H groups in total. The summed E-state index contributed by atoms with van der Waals surface area (Å²) in [6.07, 6.45) is 1.04. The standard InChI is InChI=1S/C33H38O4SSi/c1-5-35-31-24-23-30(32(36-31)29(34)22-15-25-38-26-16-9-6-10-17-26)37-39(33(2,3)4,27-18-11-7-12-19-27)28-20-13-8-14-21-28/h6-14,16-21,23-24,29-32,34H,5,25H2,1-4H3/t29-,30-,31-,32+/m0/s1. The zero-order valence-electron chi connectivity index (χ0n) is 23.1. The number of ether oxygens (including phenoxy) is 2. The fourth-order valence-electron chi connectivity index (χ4n) is 4.97. The van der Waals surface area contributed by atoms with E-state index in [4.69, 9.17) is 13.9 Å². The Hall–Kier alpha value is -2.63. The van der Waals surface area contributed by atoms with Crippen LogP contribution >= 0.6 is 11.8 Å². The van der Waals surface area contributed by atoms with Gasteiger partial charge in [0.05, 0.1) is 11.9 Å². The lowest BCUT2D eigenvalue weighted by Crippen LogP contribution is -2.69. The highest BCUT2D eigenvalue weighted by atomic mass is 32.2. The molecule has 0 saturated carbocycles. The zero-order chi connectivity index (χ0) is 27.7. The van der Waals surface area contributed by atoms with Crippen LogP contribution < -0.4 is 10.4 Å². The van der Waals surface area contributed by atoms with Gasteiger partial charge in [-0.05, 0) is 40.5 Å². The van der Waals surface area contributed by atoms with Crippen LogP contribution in [0.15, 0.2) is 108 Å². The minimum atomic E-state index is -2.88. The molecule has 0 unspecified atom stereocenters. The summed E-state index contributed by atoms with van der Waals surface area (Å²) in [7, 11) is -2.88. The first-order chi connectivity index (χ1) is 18.8. The Bertz CT molecular complexity index is 1210. The monoisotopic (exact) mass is 558 g/mol. The SMILES string of the molecule is CCO[C@@H]1C=C[C@H](O[Si](c2ccccc2)(c2ccccc2)C(C)(C)C)[C@@H]([C@@H](O)C#CCSc2ccccc2)O1. The van der Waals surface area contributed by atoms with Crippen LogP contribution in [0, 0.1) is 11.8 Å². The molecule has 4 atom stereocenters. The minimum Gasteiger partial charge on any atom is -0.398 e.